The topological polar surface area (TPSA) is 67.3 Å². The van der Waals surface area contributed by atoms with E-state index in [-0.39, 0.29) is 23.3 Å². The van der Waals surface area contributed by atoms with E-state index < -0.39 is 6.10 Å². The Hall–Kier alpha value is -2.66. The van der Waals surface area contributed by atoms with Crippen LogP contribution in [-0.2, 0) is 28.9 Å². The largest absolute Gasteiger partial charge is 0.381 e. The summed E-state index contributed by atoms with van der Waals surface area (Å²) in [6.45, 7) is 1.84. The monoisotopic (exact) mass is 417 g/mol. The molecule has 1 heterocycles. The number of pyridine rings is 1. The zero-order chi connectivity index (χ0) is 21.4. The van der Waals surface area contributed by atoms with E-state index in [2.05, 4.69) is 0 Å². The summed E-state index contributed by atoms with van der Waals surface area (Å²) in [5.41, 5.74) is 7.54. The molecular weight excluding hydrogens is 393 g/mol. The van der Waals surface area contributed by atoms with Crippen molar-refractivity contribution in [2.24, 2.45) is 5.92 Å². The van der Waals surface area contributed by atoms with Crippen LogP contribution in [0.2, 0.25) is 0 Å². The molecule has 0 saturated heterocycles. The number of hydrogen-bond acceptors (Lipinski definition) is 4. The number of halogens is 1. The third-order valence-corrected chi connectivity index (χ3v) is 7.69. The van der Waals surface area contributed by atoms with Crippen molar-refractivity contribution in [3.8, 4) is 0 Å². The molecule has 2 bridgehead atoms. The summed E-state index contributed by atoms with van der Waals surface area (Å²) in [4.78, 5) is 30.7. The van der Waals surface area contributed by atoms with E-state index in [0.717, 1.165) is 47.0 Å². The Morgan fingerprint density at radius 1 is 1.03 bits per heavy atom. The summed E-state index contributed by atoms with van der Waals surface area (Å²) in [6.07, 6.45) is 5.91. The first-order valence-corrected chi connectivity index (χ1v) is 11.3. The number of aromatic nitrogens is 1. The van der Waals surface area contributed by atoms with Gasteiger partial charge in [0.15, 0.2) is 11.6 Å². The Morgan fingerprint density at radius 3 is 2.65 bits per heavy atom. The molecule has 4 aliphatic rings. The number of rotatable bonds is 0. The van der Waals surface area contributed by atoms with Gasteiger partial charge in [-0.3, -0.25) is 9.59 Å². The molecular formula is C26H24FNO3. The Kier molecular flexibility index (Phi) is 4.10. The van der Waals surface area contributed by atoms with Crippen LogP contribution in [0.1, 0.15) is 60.1 Å². The quantitative estimate of drug-likeness (QED) is 0.701. The third-order valence-electron chi connectivity index (χ3n) is 7.69. The molecule has 1 aromatic carbocycles. The summed E-state index contributed by atoms with van der Waals surface area (Å²) in [6, 6.07) is 1.53. The van der Waals surface area contributed by atoms with Crippen LogP contribution in [0.4, 0.5) is 4.39 Å². The number of nitrogens with zero attached hydrogens (tertiary/aromatic N) is 1. The number of benzene rings is 1. The fraction of sp³-hybridized carbons (Fsp3) is 0.423. The highest BCUT2D eigenvalue weighted by atomic mass is 19.1. The maximum atomic E-state index is 14.6. The number of allylic oxidation sites excluding steroid dienone is 2. The van der Waals surface area contributed by atoms with Crippen molar-refractivity contribution in [3.05, 3.63) is 57.1 Å². The number of ketones is 2. The number of aryl methyl sites for hydroxylation is 2. The number of hydrogen-bond donors (Lipinski definition) is 1. The lowest BCUT2D eigenvalue weighted by Gasteiger charge is -2.30. The first-order chi connectivity index (χ1) is 14.9. The lowest BCUT2D eigenvalue weighted by atomic mass is 9.75. The SMILES string of the molecule is Cc1c(F)cc2nc3c(c4c2c1CCC4)CC1CC3=CC2=C(CCCC(=O)C2O)C1=O. The Balaban J connectivity index is 1.63. The lowest BCUT2D eigenvalue weighted by Crippen LogP contribution is -2.25. The average Bonchev–Trinajstić information content (AvgIpc) is 2.97. The summed E-state index contributed by atoms with van der Waals surface area (Å²) in [7, 11) is 0. The minimum absolute atomic E-state index is 0.0688. The molecule has 4 aliphatic carbocycles. The van der Waals surface area contributed by atoms with E-state index >= 15 is 0 Å². The highest BCUT2D eigenvalue weighted by Gasteiger charge is 2.39. The van der Waals surface area contributed by atoms with Crippen molar-refractivity contribution in [2.75, 3.05) is 0 Å². The van der Waals surface area contributed by atoms with E-state index in [1.165, 1.54) is 11.6 Å². The first kappa shape index (κ1) is 19.1. The van der Waals surface area contributed by atoms with Gasteiger partial charge in [0, 0.05) is 29.4 Å². The van der Waals surface area contributed by atoms with Crippen molar-refractivity contribution < 1.29 is 19.1 Å². The zero-order valence-electron chi connectivity index (χ0n) is 17.6. The predicted molar refractivity (Wildman–Crippen MR) is 115 cm³/mol. The predicted octanol–water partition coefficient (Wildman–Crippen LogP) is 4.11. The molecule has 0 saturated carbocycles. The van der Waals surface area contributed by atoms with E-state index in [1.807, 2.05) is 13.0 Å². The number of aliphatic hydroxyl groups excluding tert-OH is 1. The van der Waals surface area contributed by atoms with Gasteiger partial charge in [0.25, 0.3) is 0 Å². The number of fused-ring (bicyclic) bond motifs is 5. The normalized spacial score (nSPS) is 25.1. The van der Waals surface area contributed by atoms with Crippen molar-refractivity contribution in [3.63, 3.8) is 0 Å². The first-order valence-electron chi connectivity index (χ1n) is 11.3. The second-order valence-corrected chi connectivity index (χ2v) is 9.42. The molecule has 2 aromatic rings. The molecule has 0 radical (unpaired) electrons. The highest BCUT2D eigenvalue weighted by Crippen LogP contribution is 2.45. The maximum absolute atomic E-state index is 14.6. The Labute approximate surface area is 179 Å². The Bertz CT molecular complexity index is 1270. The fourth-order valence-electron chi connectivity index (χ4n) is 6.13. The van der Waals surface area contributed by atoms with Gasteiger partial charge in [0.1, 0.15) is 11.9 Å². The molecule has 5 heteroatoms. The van der Waals surface area contributed by atoms with E-state index in [1.54, 1.807) is 0 Å². The van der Waals surface area contributed by atoms with E-state index in [9.17, 15) is 19.1 Å². The van der Waals surface area contributed by atoms with Crippen molar-refractivity contribution in [2.45, 2.75) is 64.4 Å². The van der Waals surface area contributed by atoms with Crippen LogP contribution >= 0.6 is 0 Å². The molecule has 0 fully saturated rings. The second kappa shape index (κ2) is 6.67. The van der Waals surface area contributed by atoms with Crippen LogP contribution < -0.4 is 0 Å². The molecule has 31 heavy (non-hydrogen) atoms. The number of Topliss-reactive ketones (excluding diaryl/α,β-unsaturated/α-hetero) is 2. The molecule has 0 aliphatic heterocycles. The van der Waals surface area contributed by atoms with Gasteiger partial charge in [0.2, 0.25) is 0 Å². The molecule has 2 atom stereocenters. The van der Waals surface area contributed by atoms with Crippen LogP contribution in [0.25, 0.3) is 16.5 Å². The van der Waals surface area contributed by atoms with Crippen LogP contribution in [0.5, 0.6) is 0 Å². The fourth-order valence-corrected chi connectivity index (χ4v) is 6.13. The van der Waals surface area contributed by atoms with Gasteiger partial charge in [-0.05, 0) is 85.3 Å². The van der Waals surface area contributed by atoms with E-state index in [0.29, 0.717) is 54.3 Å². The summed E-state index contributed by atoms with van der Waals surface area (Å²) in [5, 5.41) is 11.7. The lowest BCUT2D eigenvalue weighted by molar-refractivity contribution is -0.125. The third kappa shape index (κ3) is 2.65. The highest BCUT2D eigenvalue weighted by molar-refractivity contribution is 6.05. The van der Waals surface area contributed by atoms with Gasteiger partial charge in [-0.2, -0.15) is 0 Å². The molecule has 1 N–H and O–H groups in total. The molecule has 0 amide bonds. The minimum atomic E-state index is -1.25. The number of aliphatic hydroxyl groups is 1. The van der Waals surface area contributed by atoms with Crippen molar-refractivity contribution in [1.82, 2.24) is 4.98 Å². The maximum Gasteiger partial charge on any atom is 0.165 e. The van der Waals surface area contributed by atoms with Gasteiger partial charge < -0.3 is 5.11 Å². The number of carbonyl (C=O) groups excluding carboxylic acids is 2. The van der Waals surface area contributed by atoms with E-state index in [4.69, 9.17) is 4.98 Å². The number of carbonyl (C=O) groups is 2. The molecule has 2 unspecified atom stereocenters. The molecule has 6 rings (SSSR count). The van der Waals surface area contributed by atoms with Crippen LogP contribution in [0.3, 0.4) is 0 Å². The van der Waals surface area contributed by atoms with Gasteiger partial charge in [0.05, 0.1) is 11.2 Å². The van der Waals surface area contributed by atoms with Gasteiger partial charge >= 0.3 is 0 Å². The second-order valence-electron chi connectivity index (χ2n) is 9.42. The van der Waals surface area contributed by atoms with Gasteiger partial charge in [-0.25, -0.2) is 9.37 Å². The average molecular weight is 417 g/mol. The smallest absolute Gasteiger partial charge is 0.165 e. The molecule has 0 spiro atoms. The summed E-state index contributed by atoms with van der Waals surface area (Å²) >= 11 is 0. The van der Waals surface area contributed by atoms with Gasteiger partial charge in [-0.1, -0.05) is 6.08 Å². The molecule has 4 nitrogen and oxygen atoms in total. The molecule has 158 valence electrons. The summed E-state index contributed by atoms with van der Waals surface area (Å²) in [5.74, 6) is -0.570. The van der Waals surface area contributed by atoms with Crippen LogP contribution in [0, 0.1) is 18.7 Å². The zero-order valence-corrected chi connectivity index (χ0v) is 17.6. The van der Waals surface area contributed by atoms with Crippen molar-refractivity contribution >= 4 is 28.0 Å². The van der Waals surface area contributed by atoms with Crippen molar-refractivity contribution in [1.29, 1.82) is 0 Å². The minimum Gasteiger partial charge on any atom is -0.381 e. The molecule has 1 aromatic heterocycles. The van der Waals surface area contributed by atoms with Crippen LogP contribution in [0.15, 0.2) is 23.3 Å². The summed E-state index contributed by atoms with van der Waals surface area (Å²) < 4.78 is 14.6. The van der Waals surface area contributed by atoms with Gasteiger partial charge in [-0.15, -0.1) is 0 Å². The Morgan fingerprint density at radius 2 is 1.81 bits per heavy atom. The van der Waals surface area contributed by atoms with Crippen LogP contribution in [-0.4, -0.2) is 27.8 Å². The standard InChI is InChI=1S/C26H24FNO3/c1-12-15-4-2-5-16-18-10-14-8-13(24(18)28-21(23(15)16)11-20(12)27)9-19-17(25(14)30)6-3-7-22(29)26(19)31/h9,11,14,26,31H,2-8,10H2,1H3.